The van der Waals surface area contributed by atoms with E-state index in [1.165, 1.54) is 24.3 Å². The molecule has 0 saturated carbocycles. The predicted molar refractivity (Wildman–Crippen MR) is 100 cm³/mol. The van der Waals surface area contributed by atoms with Gasteiger partial charge in [0.25, 0.3) is 5.91 Å². The van der Waals surface area contributed by atoms with Crippen LogP contribution in [0.25, 0.3) is 10.2 Å². The van der Waals surface area contributed by atoms with Gasteiger partial charge in [-0.15, -0.1) is 11.3 Å². The van der Waals surface area contributed by atoms with Crippen molar-refractivity contribution in [3.63, 3.8) is 0 Å². The zero-order valence-corrected chi connectivity index (χ0v) is 15.3. The number of thiophene rings is 1. The lowest BCUT2D eigenvalue weighted by molar-refractivity contribution is -0.141. The highest BCUT2D eigenvalue weighted by atomic mass is 32.1. The Morgan fingerprint density at radius 3 is 2.39 bits per heavy atom. The Bertz CT molecular complexity index is 1070. The van der Waals surface area contributed by atoms with Gasteiger partial charge in [0.1, 0.15) is 21.2 Å². The number of nitrogens with one attached hydrogen (secondary N) is 1. The third kappa shape index (κ3) is 3.19. The average molecular weight is 409 g/mol. The topological polar surface area (TPSA) is 68.0 Å². The minimum absolute atomic E-state index is 0.0962. The number of anilines is 2. The summed E-state index contributed by atoms with van der Waals surface area (Å²) in [7, 11) is 0. The van der Waals surface area contributed by atoms with E-state index in [9.17, 15) is 22.4 Å². The zero-order chi connectivity index (χ0) is 20.1. The number of halogens is 4. The highest BCUT2D eigenvalue weighted by Gasteiger charge is 2.38. The van der Waals surface area contributed by atoms with Crippen LogP contribution in [0, 0.1) is 5.82 Å². The monoisotopic (exact) mass is 409 g/mol. The maximum absolute atomic E-state index is 13.5. The maximum Gasteiger partial charge on any atom is 0.433 e. The van der Waals surface area contributed by atoms with Crippen molar-refractivity contribution >= 4 is 38.8 Å². The summed E-state index contributed by atoms with van der Waals surface area (Å²) in [5.41, 5.74) is 6.50. The van der Waals surface area contributed by atoms with Crippen LogP contribution in [0.5, 0.6) is 0 Å². The van der Waals surface area contributed by atoms with Gasteiger partial charge in [-0.3, -0.25) is 4.79 Å². The average Bonchev–Trinajstić information content (AvgIpc) is 2.99. The second kappa shape index (κ2) is 6.73. The second-order valence-corrected chi connectivity index (χ2v) is 7.61. The first-order valence-corrected chi connectivity index (χ1v) is 9.45. The smallest absolute Gasteiger partial charge is 0.397 e. The van der Waals surface area contributed by atoms with Crippen LogP contribution in [-0.4, -0.2) is 10.9 Å². The van der Waals surface area contributed by atoms with Crippen molar-refractivity contribution in [1.82, 2.24) is 4.98 Å². The number of rotatable bonds is 2. The molecule has 2 heterocycles. The minimum atomic E-state index is -4.56. The number of aromatic nitrogens is 1. The van der Waals surface area contributed by atoms with Gasteiger partial charge in [0.05, 0.1) is 5.69 Å². The molecule has 28 heavy (non-hydrogen) atoms. The number of carbonyl (C=O) groups excluding carboxylic acids is 1. The van der Waals surface area contributed by atoms with Crippen LogP contribution in [0.15, 0.2) is 24.3 Å². The fourth-order valence-corrected chi connectivity index (χ4v) is 4.56. The first kappa shape index (κ1) is 18.7. The van der Waals surface area contributed by atoms with Crippen LogP contribution in [0.3, 0.4) is 0 Å². The number of fused-ring (bicyclic) bond motifs is 3. The molecule has 3 aromatic rings. The van der Waals surface area contributed by atoms with Gasteiger partial charge in [0.2, 0.25) is 0 Å². The fourth-order valence-electron chi connectivity index (χ4n) is 3.54. The molecular weight excluding hydrogens is 394 g/mol. The molecule has 0 fully saturated rings. The van der Waals surface area contributed by atoms with Gasteiger partial charge in [-0.25, -0.2) is 9.37 Å². The molecule has 3 N–H and O–H groups in total. The standard InChI is InChI=1S/C19H15F4N3OS/c20-9-5-7-10(8-6-9)25-17(27)15-14(24)13-11-3-1-2-4-12(11)16(19(21,22)23)26-18(13)28-15/h5-8H,1-4,24H2,(H,25,27). The number of hydrogen-bond acceptors (Lipinski definition) is 4. The van der Waals surface area contributed by atoms with Crippen molar-refractivity contribution in [2.75, 3.05) is 11.1 Å². The molecule has 1 aromatic carbocycles. The first-order valence-electron chi connectivity index (χ1n) is 8.63. The number of alkyl halides is 3. The molecule has 2 aromatic heterocycles. The van der Waals surface area contributed by atoms with Crippen LogP contribution in [0.1, 0.15) is 39.3 Å². The highest BCUT2D eigenvalue weighted by molar-refractivity contribution is 7.21. The molecule has 146 valence electrons. The summed E-state index contributed by atoms with van der Waals surface area (Å²) in [5.74, 6) is -1.01. The van der Waals surface area contributed by atoms with Crippen molar-refractivity contribution in [3.8, 4) is 0 Å². The number of carbonyl (C=O) groups is 1. The number of amides is 1. The summed E-state index contributed by atoms with van der Waals surface area (Å²) in [5, 5.41) is 3.03. The molecular formula is C19H15F4N3OS. The molecule has 0 aliphatic heterocycles. The lowest BCUT2D eigenvalue weighted by atomic mass is 9.88. The lowest BCUT2D eigenvalue weighted by Crippen LogP contribution is -2.17. The largest absolute Gasteiger partial charge is 0.433 e. The van der Waals surface area contributed by atoms with Crippen molar-refractivity contribution in [2.24, 2.45) is 0 Å². The van der Waals surface area contributed by atoms with Crippen LogP contribution in [0.2, 0.25) is 0 Å². The van der Waals surface area contributed by atoms with E-state index in [0.717, 1.165) is 17.8 Å². The van der Waals surface area contributed by atoms with Crippen LogP contribution in [-0.2, 0) is 19.0 Å². The number of nitrogens with zero attached hydrogens (tertiary/aromatic N) is 1. The quantitative estimate of drug-likeness (QED) is 0.574. The van der Waals surface area contributed by atoms with Gasteiger partial charge in [0, 0.05) is 11.1 Å². The number of hydrogen-bond donors (Lipinski definition) is 2. The molecule has 0 unspecified atom stereocenters. The van der Waals surface area contributed by atoms with Crippen LogP contribution >= 0.6 is 11.3 Å². The van der Waals surface area contributed by atoms with Gasteiger partial charge in [-0.1, -0.05) is 0 Å². The zero-order valence-electron chi connectivity index (χ0n) is 14.5. The van der Waals surface area contributed by atoms with Gasteiger partial charge >= 0.3 is 6.18 Å². The summed E-state index contributed by atoms with van der Waals surface area (Å²) in [4.78, 5) is 16.6. The molecule has 1 aliphatic rings. The summed E-state index contributed by atoms with van der Waals surface area (Å²) in [6.45, 7) is 0. The maximum atomic E-state index is 13.5. The van der Waals surface area contributed by atoms with Crippen molar-refractivity contribution in [1.29, 1.82) is 0 Å². The minimum Gasteiger partial charge on any atom is -0.397 e. The summed E-state index contributed by atoms with van der Waals surface area (Å²) in [6.07, 6.45) is -2.39. The Morgan fingerprint density at radius 1 is 1.11 bits per heavy atom. The van der Waals surface area contributed by atoms with Gasteiger partial charge in [0.15, 0.2) is 0 Å². The number of nitrogen functional groups attached to an aromatic ring is 1. The molecule has 9 heteroatoms. The lowest BCUT2D eigenvalue weighted by Gasteiger charge is -2.21. The Hall–Kier alpha value is -2.68. The summed E-state index contributed by atoms with van der Waals surface area (Å²) < 4.78 is 53.5. The van der Waals surface area contributed by atoms with Gasteiger partial charge < -0.3 is 11.1 Å². The Kier molecular flexibility index (Phi) is 4.49. The van der Waals surface area contributed by atoms with E-state index in [2.05, 4.69) is 10.3 Å². The summed E-state index contributed by atoms with van der Waals surface area (Å²) in [6, 6.07) is 5.16. The molecule has 0 radical (unpaired) electrons. The molecule has 1 amide bonds. The van der Waals surface area contributed by atoms with E-state index >= 15 is 0 Å². The normalized spacial score (nSPS) is 14.1. The molecule has 1 aliphatic carbocycles. The predicted octanol–water partition coefficient (Wildman–Crippen LogP) is 5.17. The number of aryl methyl sites for hydroxylation is 1. The second-order valence-electron chi connectivity index (χ2n) is 6.61. The third-order valence-corrected chi connectivity index (χ3v) is 5.87. The third-order valence-electron chi connectivity index (χ3n) is 4.77. The Labute approximate surface area is 161 Å². The van der Waals surface area contributed by atoms with E-state index in [-0.39, 0.29) is 21.0 Å². The molecule has 0 bridgehead atoms. The molecule has 0 spiro atoms. The highest BCUT2D eigenvalue weighted by Crippen LogP contribution is 2.43. The van der Waals surface area contributed by atoms with Gasteiger partial charge in [-0.05, 0) is 61.1 Å². The van der Waals surface area contributed by atoms with E-state index in [1.54, 1.807) is 0 Å². The summed E-state index contributed by atoms with van der Waals surface area (Å²) >= 11 is 0.835. The van der Waals surface area contributed by atoms with Crippen LogP contribution < -0.4 is 11.1 Å². The van der Waals surface area contributed by atoms with Crippen molar-refractivity contribution < 1.29 is 22.4 Å². The molecule has 0 saturated heterocycles. The van der Waals surface area contributed by atoms with Crippen molar-refractivity contribution in [2.45, 2.75) is 31.9 Å². The molecule has 4 rings (SSSR count). The molecule has 0 atom stereocenters. The number of nitrogens with two attached hydrogens (primary N) is 1. The molecule has 4 nitrogen and oxygen atoms in total. The van der Waals surface area contributed by atoms with Gasteiger partial charge in [-0.2, -0.15) is 13.2 Å². The Morgan fingerprint density at radius 2 is 1.75 bits per heavy atom. The van der Waals surface area contributed by atoms with Crippen molar-refractivity contribution in [3.05, 3.63) is 51.8 Å². The van der Waals surface area contributed by atoms with E-state index in [1.807, 2.05) is 0 Å². The van der Waals surface area contributed by atoms with E-state index < -0.39 is 23.6 Å². The number of pyridine rings is 1. The first-order chi connectivity index (χ1) is 13.3. The van der Waals surface area contributed by atoms with E-state index in [4.69, 9.17) is 5.73 Å². The van der Waals surface area contributed by atoms with Crippen LogP contribution in [0.4, 0.5) is 28.9 Å². The Balaban J connectivity index is 1.82. The SMILES string of the molecule is Nc1c(C(=O)Nc2ccc(F)cc2)sc2nc(C(F)(F)F)c3c(c12)CCCC3. The number of benzene rings is 1. The fraction of sp³-hybridized carbons (Fsp3) is 0.263. The van der Waals surface area contributed by atoms with E-state index in [0.29, 0.717) is 35.9 Å².